The van der Waals surface area contributed by atoms with Gasteiger partial charge in [0.2, 0.25) is 0 Å². The van der Waals surface area contributed by atoms with E-state index in [4.69, 9.17) is 10.2 Å². The second-order valence-electron chi connectivity index (χ2n) is 3.49. The number of carboxylic acids is 1. The smallest absolute Gasteiger partial charge is 0.335 e. The van der Waals surface area contributed by atoms with E-state index in [0.717, 1.165) is 6.07 Å². The molecular formula is C10H10N2O7. The Labute approximate surface area is 106 Å². The van der Waals surface area contributed by atoms with E-state index >= 15 is 0 Å². The van der Waals surface area contributed by atoms with Crippen molar-refractivity contribution >= 4 is 23.3 Å². The molecule has 0 aliphatic rings. The van der Waals surface area contributed by atoms with Crippen molar-refractivity contribution < 1.29 is 29.8 Å². The lowest BCUT2D eigenvalue weighted by Gasteiger charge is -2.13. The number of amides is 1. The van der Waals surface area contributed by atoms with Crippen molar-refractivity contribution in [2.45, 2.75) is 12.2 Å². The minimum Gasteiger partial charge on any atom is -0.479 e. The molecule has 9 nitrogen and oxygen atoms in total. The SMILES string of the molecule is O=C(O)[C@H](O)[C@@H](O)C(=O)Nc1ccccc1[N+](=O)[O-]. The summed E-state index contributed by atoms with van der Waals surface area (Å²) in [5.41, 5.74) is -0.637. The Balaban J connectivity index is 2.88. The lowest BCUT2D eigenvalue weighted by Crippen LogP contribution is -2.42. The molecule has 9 heteroatoms. The Bertz CT molecular complexity index is 516. The summed E-state index contributed by atoms with van der Waals surface area (Å²) < 4.78 is 0. The molecule has 0 bridgehead atoms. The van der Waals surface area contributed by atoms with Crippen LogP contribution in [0.3, 0.4) is 0 Å². The molecule has 1 aromatic carbocycles. The topological polar surface area (TPSA) is 150 Å². The highest BCUT2D eigenvalue weighted by atomic mass is 16.6. The highest BCUT2D eigenvalue weighted by molar-refractivity contribution is 5.98. The Morgan fingerprint density at radius 3 is 2.32 bits per heavy atom. The van der Waals surface area contributed by atoms with Crippen LogP contribution in [0.1, 0.15) is 0 Å². The number of hydrogen-bond donors (Lipinski definition) is 4. The number of carbonyl (C=O) groups is 2. The van der Waals surface area contributed by atoms with E-state index in [1.165, 1.54) is 18.2 Å². The Morgan fingerprint density at radius 1 is 1.21 bits per heavy atom. The number of hydrogen-bond acceptors (Lipinski definition) is 6. The molecule has 0 unspecified atom stereocenters. The van der Waals surface area contributed by atoms with Crippen molar-refractivity contribution in [2.75, 3.05) is 5.32 Å². The first-order chi connectivity index (χ1) is 8.84. The number of benzene rings is 1. The number of anilines is 1. The van der Waals surface area contributed by atoms with Gasteiger partial charge in [0.25, 0.3) is 11.6 Å². The third-order valence-corrected chi connectivity index (χ3v) is 2.18. The number of aliphatic hydroxyl groups excluding tert-OH is 2. The number of carbonyl (C=O) groups excluding carboxylic acids is 1. The zero-order valence-electron chi connectivity index (χ0n) is 9.39. The minimum atomic E-state index is -2.32. The van der Waals surface area contributed by atoms with Crippen molar-refractivity contribution in [3.8, 4) is 0 Å². The van der Waals surface area contributed by atoms with Crippen LogP contribution in [-0.4, -0.2) is 44.3 Å². The van der Waals surface area contributed by atoms with E-state index in [1.807, 2.05) is 5.32 Å². The molecule has 1 aromatic rings. The number of nitrogens with zero attached hydrogens (tertiary/aromatic N) is 1. The molecule has 0 radical (unpaired) electrons. The van der Waals surface area contributed by atoms with Crippen LogP contribution >= 0.6 is 0 Å². The molecule has 1 amide bonds. The molecule has 0 aliphatic carbocycles. The summed E-state index contributed by atoms with van der Waals surface area (Å²) in [5.74, 6) is -3.05. The van der Waals surface area contributed by atoms with Gasteiger partial charge >= 0.3 is 5.97 Å². The second-order valence-corrected chi connectivity index (χ2v) is 3.49. The number of carboxylic acid groups (broad SMARTS) is 1. The van der Waals surface area contributed by atoms with E-state index < -0.39 is 34.7 Å². The lowest BCUT2D eigenvalue weighted by atomic mass is 10.2. The van der Waals surface area contributed by atoms with Crippen molar-refractivity contribution in [3.05, 3.63) is 34.4 Å². The molecule has 0 aromatic heterocycles. The molecule has 4 N–H and O–H groups in total. The number of nitro benzene ring substituents is 1. The van der Waals surface area contributed by atoms with Crippen LogP contribution in [-0.2, 0) is 9.59 Å². The molecule has 0 heterocycles. The van der Waals surface area contributed by atoms with Crippen molar-refractivity contribution in [1.82, 2.24) is 0 Å². The average molecular weight is 270 g/mol. The van der Waals surface area contributed by atoms with Gasteiger partial charge < -0.3 is 20.6 Å². The summed E-state index contributed by atoms with van der Waals surface area (Å²) in [7, 11) is 0. The quantitative estimate of drug-likeness (QED) is 0.409. The Morgan fingerprint density at radius 2 is 1.79 bits per heavy atom. The van der Waals surface area contributed by atoms with Crippen molar-refractivity contribution in [2.24, 2.45) is 0 Å². The maximum absolute atomic E-state index is 11.4. The van der Waals surface area contributed by atoms with Gasteiger partial charge in [0.1, 0.15) is 5.69 Å². The normalized spacial score (nSPS) is 13.4. The van der Waals surface area contributed by atoms with Gasteiger partial charge in [0.05, 0.1) is 4.92 Å². The van der Waals surface area contributed by atoms with E-state index in [0.29, 0.717) is 0 Å². The fraction of sp³-hybridized carbons (Fsp3) is 0.200. The standard InChI is InChI=1S/C10H10N2O7/c13-7(8(14)10(16)17)9(15)11-5-3-1-2-4-6(5)12(18)19/h1-4,7-8,13-14H,(H,11,15)(H,16,17)/t7-,8-/m1/s1. The third kappa shape index (κ3) is 3.47. The summed E-state index contributed by atoms with van der Waals surface area (Å²) in [5, 5.41) is 39.3. The molecule has 2 atom stereocenters. The summed E-state index contributed by atoms with van der Waals surface area (Å²) in [6, 6.07) is 5.10. The number of aliphatic hydroxyl groups is 2. The first-order valence-corrected chi connectivity index (χ1v) is 4.98. The summed E-state index contributed by atoms with van der Waals surface area (Å²) in [6.07, 6.45) is -4.56. The summed E-state index contributed by atoms with van der Waals surface area (Å²) >= 11 is 0. The van der Waals surface area contributed by atoms with E-state index in [1.54, 1.807) is 0 Å². The van der Waals surface area contributed by atoms with Crippen LogP contribution < -0.4 is 5.32 Å². The van der Waals surface area contributed by atoms with Gasteiger partial charge in [-0.05, 0) is 6.07 Å². The van der Waals surface area contributed by atoms with Gasteiger partial charge in [-0.1, -0.05) is 12.1 Å². The summed E-state index contributed by atoms with van der Waals surface area (Å²) in [4.78, 5) is 31.7. The number of nitrogens with one attached hydrogen (secondary N) is 1. The number of rotatable bonds is 5. The molecule has 102 valence electrons. The Hall–Kier alpha value is -2.52. The van der Waals surface area contributed by atoms with E-state index in [2.05, 4.69) is 0 Å². The fourth-order valence-electron chi connectivity index (χ4n) is 1.22. The van der Waals surface area contributed by atoms with E-state index in [9.17, 15) is 24.8 Å². The van der Waals surface area contributed by atoms with Gasteiger partial charge in [0.15, 0.2) is 12.2 Å². The molecule has 1 rings (SSSR count). The van der Waals surface area contributed by atoms with Crippen LogP contribution in [0, 0.1) is 10.1 Å². The molecule has 0 saturated carbocycles. The molecule has 0 aliphatic heterocycles. The van der Waals surface area contributed by atoms with Crippen LogP contribution in [0.2, 0.25) is 0 Å². The molecule has 0 fully saturated rings. The third-order valence-electron chi connectivity index (χ3n) is 2.18. The highest BCUT2D eigenvalue weighted by Crippen LogP contribution is 2.23. The lowest BCUT2D eigenvalue weighted by molar-refractivity contribution is -0.383. The monoisotopic (exact) mass is 270 g/mol. The van der Waals surface area contributed by atoms with Gasteiger partial charge in [0, 0.05) is 6.07 Å². The minimum absolute atomic E-state index is 0.214. The van der Waals surface area contributed by atoms with Gasteiger partial charge in [-0.15, -0.1) is 0 Å². The first kappa shape index (κ1) is 14.5. The molecule has 19 heavy (non-hydrogen) atoms. The fourth-order valence-corrected chi connectivity index (χ4v) is 1.22. The van der Waals surface area contributed by atoms with Crippen LogP contribution in [0.5, 0.6) is 0 Å². The highest BCUT2D eigenvalue weighted by Gasteiger charge is 2.31. The Kier molecular flexibility index (Phi) is 4.51. The number of para-hydroxylation sites is 2. The number of nitro groups is 1. The van der Waals surface area contributed by atoms with Gasteiger partial charge in [-0.25, -0.2) is 4.79 Å². The van der Waals surface area contributed by atoms with Crippen LogP contribution in [0.15, 0.2) is 24.3 Å². The molecular weight excluding hydrogens is 260 g/mol. The maximum Gasteiger partial charge on any atom is 0.335 e. The largest absolute Gasteiger partial charge is 0.479 e. The average Bonchev–Trinajstić information content (AvgIpc) is 2.37. The zero-order valence-corrected chi connectivity index (χ0v) is 9.39. The number of aliphatic carboxylic acids is 1. The first-order valence-electron chi connectivity index (χ1n) is 4.98. The van der Waals surface area contributed by atoms with Crippen LogP contribution in [0.4, 0.5) is 11.4 Å². The van der Waals surface area contributed by atoms with E-state index in [-0.39, 0.29) is 5.69 Å². The van der Waals surface area contributed by atoms with Gasteiger partial charge in [-0.2, -0.15) is 0 Å². The van der Waals surface area contributed by atoms with Crippen molar-refractivity contribution in [1.29, 1.82) is 0 Å². The summed E-state index contributed by atoms with van der Waals surface area (Å²) in [6.45, 7) is 0. The van der Waals surface area contributed by atoms with Crippen LogP contribution in [0.25, 0.3) is 0 Å². The molecule has 0 spiro atoms. The predicted octanol–water partition coefficient (Wildman–Crippen LogP) is -0.660. The van der Waals surface area contributed by atoms with Crippen molar-refractivity contribution in [3.63, 3.8) is 0 Å². The maximum atomic E-state index is 11.4. The second kappa shape index (κ2) is 5.89. The molecule has 0 saturated heterocycles. The zero-order chi connectivity index (χ0) is 14.6. The predicted molar refractivity (Wildman–Crippen MR) is 61.4 cm³/mol. The van der Waals surface area contributed by atoms with Gasteiger partial charge in [-0.3, -0.25) is 14.9 Å².